The number of aliphatic hydroxyl groups excluding tert-OH is 2. The highest BCUT2D eigenvalue weighted by molar-refractivity contribution is 7.10. The number of hydrogen-bond donors (Lipinski definition) is 5. The van der Waals surface area contributed by atoms with Gasteiger partial charge in [-0.05, 0) is 40.0 Å². The Balaban J connectivity index is 1.54. The lowest BCUT2D eigenvalue weighted by molar-refractivity contribution is -0.146. The van der Waals surface area contributed by atoms with Crippen molar-refractivity contribution in [2.75, 3.05) is 20.3 Å². The Morgan fingerprint density at radius 1 is 1.12 bits per heavy atom. The zero-order valence-corrected chi connectivity index (χ0v) is 20.3. The summed E-state index contributed by atoms with van der Waals surface area (Å²) in [6, 6.07) is -2.67. The summed E-state index contributed by atoms with van der Waals surface area (Å²) >= 11 is 1.32. The van der Waals surface area contributed by atoms with Gasteiger partial charge >= 0.3 is 12.1 Å². The fourth-order valence-corrected chi connectivity index (χ4v) is 5.31. The van der Waals surface area contributed by atoms with Gasteiger partial charge in [-0.15, -0.1) is 11.3 Å². The van der Waals surface area contributed by atoms with Crippen LogP contribution in [0.1, 0.15) is 55.5 Å². The second-order valence-electron chi connectivity index (χ2n) is 9.73. The molecule has 34 heavy (non-hydrogen) atoms. The van der Waals surface area contributed by atoms with Gasteiger partial charge in [0.05, 0.1) is 25.3 Å². The summed E-state index contributed by atoms with van der Waals surface area (Å²) in [4.78, 5) is 52.9. The Morgan fingerprint density at radius 3 is 2.26 bits per heavy atom. The standard InChI is InChI=1S/C21H30N4O8S/c1-19(2,3)33-18(31)25-21-8-20(9-21,10-21)17-24-13(7-34-17)15(29)22-11(5-26)14(28)23-12(6-27)16(30)32-4/h7,11-12,26-27H,5-6,8-10H2,1-4H3,(H,22,29)(H,23,28)(H,25,31)/t11-,12-,20?,21?/m0/s1. The Kier molecular flexibility index (Phi) is 7.20. The number of ether oxygens (including phenoxy) is 2. The number of thiazole rings is 1. The largest absolute Gasteiger partial charge is 0.467 e. The average molecular weight is 499 g/mol. The zero-order valence-electron chi connectivity index (χ0n) is 19.5. The molecule has 0 aliphatic heterocycles. The molecule has 1 aromatic heterocycles. The lowest BCUT2D eigenvalue weighted by Gasteiger charge is -2.69. The maximum Gasteiger partial charge on any atom is 0.408 e. The van der Waals surface area contributed by atoms with Crippen LogP contribution in [-0.4, -0.2) is 82.6 Å². The fraction of sp³-hybridized carbons (Fsp3) is 0.667. The van der Waals surface area contributed by atoms with Gasteiger partial charge in [-0.2, -0.15) is 0 Å². The number of aliphatic hydroxyl groups is 2. The lowest BCUT2D eigenvalue weighted by Crippen LogP contribution is -2.76. The van der Waals surface area contributed by atoms with Crippen LogP contribution in [0.2, 0.25) is 0 Å². The summed E-state index contributed by atoms with van der Waals surface area (Å²) in [7, 11) is 1.10. The highest BCUT2D eigenvalue weighted by Crippen LogP contribution is 2.68. The first-order chi connectivity index (χ1) is 15.9. The number of rotatable bonds is 9. The van der Waals surface area contributed by atoms with E-state index in [1.54, 1.807) is 26.2 Å². The summed E-state index contributed by atoms with van der Waals surface area (Å²) in [6.07, 6.45) is 1.65. The van der Waals surface area contributed by atoms with E-state index in [1.807, 2.05) is 0 Å². The summed E-state index contributed by atoms with van der Waals surface area (Å²) in [5.41, 5.74) is -0.984. The number of amides is 3. The van der Waals surface area contributed by atoms with Crippen molar-refractivity contribution < 1.29 is 38.9 Å². The molecular weight excluding hydrogens is 468 g/mol. The van der Waals surface area contributed by atoms with Crippen LogP contribution in [0.5, 0.6) is 0 Å². The third-order valence-corrected chi connectivity index (χ3v) is 6.86. The molecule has 3 amide bonds. The molecule has 3 fully saturated rings. The molecule has 1 heterocycles. The van der Waals surface area contributed by atoms with Crippen molar-refractivity contribution in [3.05, 3.63) is 16.1 Å². The minimum absolute atomic E-state index is 0.0943. The van der Waals surface area contributed by atoms with Crippen LogP contribution < -0.4 is 16.0 Å². The quantitative estimate of drug-likeness (QED) is 0.283. The molecule has 0 unspecified atom stereocenters. The molecular formula is C21H30N4O8S. The van der Waals surface area contributed by atoms with Crippen LogP contribution in [0.4, 0.5) is 4.79 Å². The topological polar surface area (TPSA) is 176 Å². The van der Waals surface area contributed by atoms with Crippen LogP contribution >= 0.6 is 11.3 Å². The molecule has 0 spiro atoms. The van der Waals surface area contributed by atoms with Gasteiger partial charge in [-0.25, -0.2) is 14.6 Å². The highest BCUT2D eigenvalue weighted by Gasteiger charge is 2.70. The van der Waals surface area contributed by atoms with E-state index < -0.39 is 54.8 Å². The fourth-order valence-electron chi connectivity index (χ4n) is 4.31. The number of hydrogen-bond acceptors (Lipinski definition) is 10. The van der Waals surface area contributed by atoms with Gasteiger partial charge in [-0.1, -0.05) is 0 Å². The van der Waals surface area contributed by atoms with E-state index in [0.29, 0.717) is 19.3 Å². The maximum atomic E-state index is 12.6. The van der Waals surface area contributed by atoms with E-state index in [2.05, 4.69) is 25.7 Å². The smallest absolute Gasteiger partial charge is 0.408 e. The highest BCUT2D eigenvalue weighted by atomic mass is 32.1. The van der Waals surface area contributed by atoms with Gasteiger partial charge in [0.15, 0.2) is 6.04 Å². The molecule has 3 aliphatic carbocycles. The van der Waals surface area contributed by atoms with Crippen LogP contribution in [0.3, 0.4) is 0 Å². The van der Waals surface area contributed by atoms with Gasteiger partial charge in [0.2, 0.25) is 5.91 Å². The minimum atomic E-state index is -1.35. The van der Waals surface area contributed by atoms with Crippen LogP contribution in [0.15, 0.2) is 5.38 Å². The van der Waals surface area contributed by atoms with Crippen LogP contribution in [0.25, 0.3) is 0 Å². The molecule has 1 aromatic rings. The first-order valence-electron chi connectivity index (χ1n) is 10.7. The second-order valence-corrected chi connectivity index (χ2v) is 10.6. The molecule has 4 rings (SSSR count). The molecule has 0 aromatic carbocycles. The van der Waals surface area contributed by atoms with E-state index in [9.17, 15) is 29.4 Å². The van der Waals surface area contributed by atoms with E-state index >= 15 is 0 Å². The van der Waals surface area contributed by atoms with E-state index in [1.165, 1.54) is 11.3 Å². The van der Waals surface area contributed by atoms with Crippen molar-refractivity contribution in [1.82, 2.24) is 20.9 Å². The van der Waals surface area contributed by atoms with Gasteiger partial charge in [-0.3, -0.25) is 9.59 Å². The average Bonchev–Trinajstić information content (AvgIpc) is 3.19. The summed E-state index contributed by atoms with van der Waals surface area (Å²) in [6.45, 7) is 3.97. The zero-order chi connectivity index (χ0) is 25.3. The molecule has 3 aliphatic rings. The number of nitrogens with one attached hydrogen (secondary N) is 3. The second kappa shape index (κ2) is 9.47. The van der Waals surface area contributed by atoms with Crippen LogP contribution in [0, 0.1) is 0 Å². The number of alkyl carbamates (subject to hydrolysis) is 1. The predicted octanol–water partition coefficient (Wildman–Crippen LogP) is -0.417. The molecule has 0 saturated heterocycles. The molecule has 12 nitrogen and oxygen atoms in total. The summed E-state index contributed by atoms with van der Waals surface area (Å²) in [5.74, 6) is -2.38. The van der Waals surface area contributed by atoms with Gasteiger partial charge in [0.1, 0.15) is 17.3 Å². The SMILES string of the molecule is COC(=O)[C@H](CO)NC(=O)[C@H](CO)NC(=O)c1csc(C23CC(NC(=O)OC(C)(C)C)(C2)C3)n1. The molecule has 2 atom stereocenters. The normalized spacial score (nSPS) is 24.5. The number of nitrogens with zero attached hydrogens (tertiary/aromatic N) is 1. The molecule has 2 bridgehead atoms. The first-order valence-corrected chi connectivity index (χ1v) is 11.6. The number of esters is 1. The van der Waals surface area contributed by atoms with Crippen molar-refractivity contribution in [3.63, 3.8) is 0 Å². The van der Waals surface area contributed by atoms with Gasteiger partial charge in [0, 0.05) is 16.3 Å². The molecule has 188 valence electrons. The van der Waals surface area contributed by atoms with Crippen molar-refractivity contribution in [3.8, 4) is 0 Å². The van der Waals surface area contributed by atoms with Crippen molar-refractivity contribution in [1.29, 1.82) is 0 Å². The van der Waals surface area contributed by atoms with Gasteiger partial charge < -0.3 is 35.6 Å². The summed E-state index contributed by atoms with van der Waals surface area (Å²) < 4.78 is 9.79. The third kappa shape index (κ3) is 5.31. The van der Waals surface area contributed by atoms with E-state index in [0.717, 1.165) is 12.1 Å². The Hall–Kier alpha value is -2.77. The first kappa shape index (κ1) is 25.8. The Labute approximate surface area is 200 Å². The number of methoxy groups -OCH3 is 1. The lowest BCUT2D eigenvalue weighted by atomic mass is 9.39. The number of carbonyl (C=O) groups is 4. The van der Waals surface area contributed by atoms with Crippen molar-refractivity contribution >= 4 is 35.2 Å². The Bertz CT molecular complexity index is 952. The predicted molar refractivity (Wildman–Crippen MR) is 119 cm³/mol. The molecule has 5 N–H and O–H groups in total. The molecule has 0 radical (unpaired) electrons. The maximum absolute atomic E-state index is 12.6. The van der Waals surface area contributed by atoms with Crippen molar-refractivity contribution in [2.24, 2.45) is 0 Å². The minimum Gasteiger partial charge on any atom is -0.467 e. The van der Waals surface area contributed by atoms with Crippen LogP contribution in [-0.2, 0) is 24.5 Å². The molecule has 13 heteroatoms. The number of aromatic nitrogens is 1. The number of carbonyl (C=O) groups excluding carboxylic acids is 4. The van der Waals surface area contributed by atoms with Gasteiger partial charge in [0.25, 0.3) is 5.91 Å². The molecule has 3 saturated carbocycles. The monoisotopic (exact) mass is 498 g/mol. The Morgan fingerprint density at radius 2 is 1.74 bits per heavy atom. The third-order valence-electron chi connectivity index (χ3n) is 5.78. The van der Waals surface area contributed by atoms with Crippen molar-refractivity contribution in [2.45, 2.75) is 68.7 Å². The van der Waals surface area contributed by atoms with E-state index in [4.69, 9.17) is 4.74 Å². The van der Waals surface area contributed by atoms with E-state index in [-0.39, 0.29) is 16.6 Å². The summed E-state index contributed by atoms with van der Waals surface area (Å²) in [5, 5.41) is 28.6.